The number of likely N-dealkylation sites (tertiary alicyclic amines) is 1. The number of urea groups is 1. The summed E-state index contributed by atoms with van der Waals surface area (Å²) >= 11 is 0. The van der Waals surface area contributed by atoms with Gasteiger partial charge in [0.25, 0.3) is 5.91 Å². The molecule has 1 fully saturated rings. The molecule has 10 heteroatoms. The van der Waals surface area contributed by atoms with Gasteiger partial charge in [-0.1, -0.05) is 19.1 Å². The SMILES string of the molecule is CCc1nc2c(cnn2CC)c(NC2CCN(C(N)=O)CC2)c1CNC(=O)c1ccccc1F. The zero-order valence-electron chi connectivity index (χ0n) is 19.5. The zero-order valence-corrected chi connectivity index (χ0v) is 19.5. The molecule has 0 saturated carbocycles. The van der Waals surface area contributed by atoms with Crippen molar-refractivity contribution in [2.75, 3.05) is 18.4 Å². The second kappa shape index (κ2) is 10.1. The van der Waals surface area contributed by atoms with E-state index in [1.165, 1.54) is 12.1 Å². The van der Waals surface area contributed by atoms with Gasteiger partial charge in [-0.05, 0) is 38.3 Å². The monoisotopic (exact) mass is 467 g/mol. The molecule has 1 aliphatic rings. The van der Waals surface area contributed by atoms with Crippen molar-refractivity contribution in [3.63, 3.8) is 0 Å². The van der Waals surface area contributed by atoms with E-state index in [0.29, 0.717) is 26.1 Å². The van der Waals surface area contributed by atoms with Gasteiger partial charge in [-0.2, -0.15) is 5.10 Å². The molecule has 34 heavy (non-hydrogen) atoms. The predicted octanol–water partition coefficient (Wildman–Crippen LogP) is 3.04. The number of carbonyl (C=O) groups excluding carboxylic acids is 2. The van der Waals surface area contributed by atoms with Gasteiger partial charge in [0, 0.05) is 43.5 Å². The lowest BCUT2D eigenvalue weighted by Gasteiger charge is -2.32. The first-order valence-corrected chi connectivity index (χ1v) is 11.6. The molecule has 1 aromatic carbocycles. The first kappa shape index (κ1) is 23.5. The summed E-state index contributed by atoms with van der Waals surface area (Å²) in [5.41, 5.74) is 8.77. The fourth-order valence-corrected chi connectivity index (χ4v) is 4.41. The molecule has 9 nitrogen and oxygen atoms in total. The summed E-state index contributed by atoms with van der Waals surface area (Å²) in [7, 11) is 0. The topological polar surface area (TPSA) is 118 Å². The Morgan fingerprint density at radius 2 is 1.94 bits per heavy atom. The summed E-state index contributed by atoms with van der Waals surface area (Å²) < 4.78 is 15.9. The van der Waals surface area contributed by atoms with E-state index in [-0.39, 0.29) is 18.2 Å². The number of amides is 3. The van der Waals surface area contributed by atoms with Crippen LogP contribution in [0.1, 0.15) is 48.3 Å². The van der Waals surface area contributed by atoms with Gasteiger partial charge in [0.05, 0.1) is 22.8 Å². The number of aromatic nitrogens is 3. The van der Waals surface area contributed by atoms with Crippen molar-refractivity contribution in [3.8, 4) is 0 Å². The Hall–Kier alpha value is -3.69. The van der Waals surface area contributed by atoms with Crippen LogP contribution in [0.4, 0.5) is 14.9 Å². The Morgan fingerprint density at radius 1 is 1.21 bits per heavy atom. The lowest BCUT2D eigenvalue weighted by molar-refractivity contribution is 0.0947. The van der Waals surface area contributed by atoms with Crippen LogP contribution in [0.25, 0.3) is 11.0 Å². The summed E-state index contributed by atoms with van der Waals surface area (Å²) in [6.07, 6.45) is 3.94. The minimum Gasteiger partial charge on any atom is -0.381 e. The molecule has 180 valence electrons. The van der Waals surface area contributed by atoms with Crippen molar-refractivity contribution in [1.29, 1.82) is 0 Å². The van der Waals surface area contributed by atoms with E-state index in [1.807, 2.05) is 18.5 Å². The molecule has 3 heterocycles. The standard InChI is InChI=1S/C24H30FN7O2/c1-3-20-17(13-27-23(33)16-7-5-6-8-19(16)25)21(18-14-28-32(4-2)22(18)30-20)29-15-9-11-31(12-10-15)24(26)34/h5-8,14-15H,3-4,9-13H2,1-2H3,(H2,26,34)(H,27,33)(H,29,30). The molecular formula is C24H30FN7O2. The van der Waals surface area contributed by atoms with Crippen LogP contribution in [-0.2, 0) is 19.5 Å². The Morgan fingerprint density at radius 3 is 2.59 bits per heavy atom. The third-order valence-electron chi connectivity index (χ3n) is 6.31. The van der Waals surface area contributed by atoms with Crippen LogP contribution in [0.5, 0.6) is 0 Å². The smallest absolute Gasteiger partial charge is 0.314 e. The molecule has 2 aromatic heterocycles. The van der Waals surface area contributed by atoms with Gasteiger partial charge in [0.15, 0.2) is 5.65 Å². The quantitative estimate of drug-likeness (QED) is 0.494. The molecule has 1 aliphatic heterocycles. The number of pyridine rings is 1. The van der Waals surface area contributed by atoms with Crippen molar-refractivity contribution in [2.45, 2.75) is 52.2 Å². The number of hydrogen-bond acceptors (Lipinski definition) is 5. The number of nitrogens with zero attached hydrogens (tertiary/aromatic N) is 4. The van der Waals surface area contributed by atoms with E-state index in [9.17, 15) is 14.0 Å². The minimum atomic E-state index is -0.562. The van der Waals surface area contributed by atoms with Gasteiger partial charge in [0.2, 0.25) is 0 Å². The fraction of sp³-hybridized carbons (Fsp3) is 0.417. The number of piperidine rings is 1. The van der Waals surface area contributed by atoms with Gasteiger partial charge in [0.1, 0.15) is 5.82 Å². The summed E-state index contributed by atoms with van der Waals surface area (Å²) in [6, 6.07) is 5.63. The molecule has 3 aromatic rings. The highest BCUT2D eigenvalue weighted by molar-refractivity contribution is 5.95. The highest BCUT2D eigenvalue weighted by atomic mass is 19.1. The Kier molecular flexibility index (Phi) is 6.95. The Bertz CT molecular complexity index is 1200. The number of hydrogen-bond donors (Lipinski definition) is 3. The van der Waals surface area contributed by atoms with E-state index in [4.69, 9.17) is 10.7 Å². The molecule has 0 bridgehead atoms. The number of halogens is 1. The highest BCUT2D eigenvalue weighted by Crippen LogP contribution is 2.31. The number of fused-ring (bicyclic) bond motifs is 1. The molecule has 0 atom stereocenters. The fourth-order valence-electron chi connectivity index (χ4n) is 4.41. The molecule has 1 saturated heterocycles. The summed E-state index contributed by atoms with van der Waals surface area (Å²) in [5.74, 6) is -1.04. The van der Waals surface area contributed by atoms with Gasteiger partial charge in [-0.3, -0.25) is 4.79 Å². The van der Waals surface area contributed by atoms with Crippen molar-refractivity contribution in [1.82, 2.24) is 25.0 Å². The number of rotatable bonds is 7. The van der Waals surface area contributed by atoms with Crippen molar-refractivity contribution in [3.05, 3.63) is 53.1 Å². The molecular weight excluding hydrogens is 437 g/mol. The molecule has 4 N–H and O–H groups in total. The molecule has 0 radical (unpaired) electrons. The van der Waals surface area contributed by atoms with Crippen LogP contribution in [0.15, 0.2) is 30.5 Å². The highest BCUT2D eigenvalue weighted by Gasteiger charge is 2.25. The van der Waals surface area contributed by atoms with Crippen molar-refractivity contribution < 1.29 is 14.0 Å². The number of nitrogens with two attached hydrogens (primary N) is 1. The van der Waals surface area contributed by atoms with E-state index in [2.05, 4.69) is 15.7 Å². The Labute approximate surface area is 197 Å². The van der Waals surface area contributed by atoms with E-state index in [1.54, 1.807) is 23.2 Å². The number of anilines is 1. The van der Waals surface area contributed by atoms with Crippen LogP contribution in [0.3, 0.4) is 0 Å². The first-order valence-electron chi connectivity index (χ1n) is 11.6. The van der Waals surface area contributed by atoms with Gasteiger partial charge >= 0.3 is 6.03 Å². The lowest BCUT2D eigenvalue weighted by atomic mass is 10.0. The van der Waals surface area contributed by atoms with Crippen LogP contribution < -0.4 is 16.4 Å². The number of carbonyl (C=O) groups is 2. The molecule has 4 rings (SSSR count). The van der Waals surface area contributed by atoms with Gasteiger partial charge in [-0.25, -0.2) is 18.9 Å². The van der Waals surface area contributed by atoms with Crippen LogP contribution in [0.2, 0.25) is 0 Å². The lowest BCUT2D eigenvalue weighted by Crippen LogP contribution is -2.44. The summed E-state index contributed by atoms with van der Waals surface area (Å²) in [5, 5.41) is 11.9. The van der Waals surface area contributed by atoms with Crippen molar-refractivity contribution in [2.24, 2.45) is 5.73 Å². The average Bonchev–Trinajstić information content (AvgIpc) is 3.26. The van der Waals surface area contributed by atoms with E-state index >= 15 is 0 Å². The third kappa shape index (κ3) is 4.66. The molecule has 0 unspecified atom stereocenters. The number of benzene rings is 1. The molecule has 0 aliphatic carbocycles. The average molecular weight is 468 g/mol. The van der Waals surface area contributed by atoms with Crippen LogP contribution in [-0.4, -0.2) is 50.7 Å². The minimum absolute atomic E-state index is 0.00159. The van der Waals surface area contributed by atoms with E-state index < -0.39 is 17.8 Å². The maximum absolute atomic E-state index is 14.1. The first-order chi connectivity index (χ1) is 16.4. The summed E-state index contributed by atoms with van der Waals surface area (Å²) in [6.45, 7) is 6.05. The predicted molar refractivity (Wildman–Crippen MR) is 128 cm³/mol. The van der Waals surface area contributed by atoms with Crippen LogP contribution in [0, 0.1) is 5.82 Å². The number of primary amides is 1. The zero-order chi connectivity index (χ0) is 24.2. The number of nitrogens with one attached hydrogen (secondary N) is 2. The van der Waals surface area contributed by atoms with Gasteiger partial charge in [-0.15, -0.1) is 0 Å². The van der Waals surface area contributed by atoms with E-state index in [0.717, 1.165) is 40.8 Å². The summed E-state index contributed by atoms with van der Waals surface area (Å²) in [4.78, 5) is 30.7. The second-order valence-electron chi connectivity index (χ2n) is 8.37. The van der Waals surface area contributed by atoms with Gasteiger partial charge < -0.3 is 21.3 Å². The number of aryl methyl sites for hydroxylation is 2. The van der Waals surface area contributed by atoms with Crippen molar-refractivity contribution >= 4 is 28.7 Å². The Balaban J connectivity index is 1.66. The molecule has 3 amide bonds. The normalized spacial score (nSPS) is 14.4. The largest absolute Gasteiger partial charge is 0.381 e. The van der Waals surface area contributed by atoms with Crippen LogP contribution >= 0.6 is 0 Å². The maximum atomic E-state index is 14.1. The maximum Gasteiger partial charge on any atom is 0.314 e. The third-order valence-corrected chi connectivity index (χ3v) is 6.31. The molecule has 0 spiro atoms. The second-order valence-corrected chi connectivity index (χ2v) is 8.37.